The van der Waals surface area contributed by atoms with Crippen LogP contribution in [-0.2, 0) is 19.6 Å². The highest BCUT2D eigenvalue weighted by Crippen LogP contribution is 2.37. The maximum absolute atomic E-state index is 13.0. The smallest absolute Gasteiger partial charge is 0.256 e. The molecule has 0 aromatic carbocycles. The van der Waals surface area contributed by atoms with Crippen LogP contribution in [0.1, 0.15) is 68.6 Å². The molecular formula is C22H24N6O4. The molecule has 4 heterocycles. The molecule has 10 nitrogen and oxygen atoms in total. The fourth-order valence-electron chi connectivity index (χ4n) is 4.26. The van der Waals surface area contributed by atoms with Gasteiger partial charge in [0.25, 0.3) is 11.8 Å². The van der Waals surface area contributed by atoms with E-state index in [2.05, 4.69) is 20.6 Å². The number of hydrogen-bond acceptors (Lipinski definition) is 6. The summed E-state index contributed by atoms with van der Waals surface area (Å²) in [5, 5.41) is 11.1. The zero-order valence-electron chi connectivity index (χ0n) is 17.8. The minimum Gasteiger partial charge on any atom is -0.360 e. The Bertz CT molecular complexity index is 1240. The van der Waals surface area contributed by atoms with Gasteiger partial charge in [0.05, 0.1) is 31.2 Å². The Kier molecular flexibility index (Phi) is 5.12. The lowest BCUT2D eigenvalue weighted by molar-refractivity contribution is 0.0704. The second-order valence-corrected chi connectivity index (χ2v) is 8.40. The summed E-state index contributed by atoms with van der Waals surface area (Å²) in [6.07, 6.45) is 6.37. The number of amides is 2. The second kappa shape index (κ2) is 8.10. The maximum atomic E-state index is 13.0. The molecular weight excluding hydrogens is 412 g/mol. The number of aromatic amines is 1. The molecule has 3 aromatic heterocycles. The van der Waals surface area contributed by atoms with Gasteiger partial charge in [-0.05, 0) is 25.8 Å². The van der Waals surface area contributed by atoms with Crippen molar-refractivity contribution < 1.29 is 14.1 Å². The molecule has 5 rings (SSSR count). The van der Waals surface area contributed by atoms with E-state index < -0.39 is 0 Å². The van der Waals surface area contributed by atoms with Crippen LogP contribution in [0.25, 0.3) is 0 Å². The molecule has 0 saturated heterocycles. The summed E-state index contributed by atoms with van der Waals surface area (Å²) in [6, 6.07) is 3.00. The Hall–Kier alpha value is -3.69. The van der Waals surface area contributed by atoms with E-state index in [1.165, 1.54) is 12.3 Å². The van der Waals surface area contributed by atoms with Crippen LogP contribution >= 0.6 is 0 Å². The van der Waals surface area contributed by atoms with Gasteiger partial charge < -0.3 is 19.7 Å². The minimum absolute atomic E-state index is 0.198. The van der Waals surface area contributed by atoms with Crippen molar-refractivity contribution >= 4 is 11.8 Å². The first-order valence-corrected chi connectivity index (χ1v) is 10.8. The van der Waals surface area contributed by atoms with Crippen LogP contribution in [0.2, 0.25) is 0 Å². The standard InChI is InChI=1S/C22H24N6O4/c1-13-7-15(8-19(29)26-13)22(31)27-5-6-28-18(12-27)16(10-24-28)9-23-21(30)17-11-25-32-20(17)14-3-2-4-14/h7-8,10-11,14H,2-6,9,12H2,1H3,(H,23,30)(H,26,29). The Labute approximate surface area is 183 Å². The van der Waals surface area contributed by atoms with Crippen LogP contribution in [-0.4, -0.2) is 43.2 Å². The molecule has 10 heteroatoms. The van der Waals surface area contributed by atoms with Gasteiger partial charge in [0, 0.05) is 41.9 Å². The van der Waals surface area contributed by atoms with Crippen LogP contribution in [0.4, 0.5) is 0 Å². The number of carbonyl (C=O) groups is 2. The largest absolute Gasteiger partial charge is 0.360 e. The number of aryl methyl sites for hydroxylation is 1. The first-order valence-electron chi connectivity index (χ1n) is 10.8. The zero-order valence-corrected chi connectivity index (χ0v) is 17.8. The first-order chi connectivity index (χ1) is 15.5. The van der Waals surface area contributed by atoms with Crippen LogP contribution < -0.4 is 10.9 Å². The number of rotatable bonds is 5. The molecule has 0 atom stereocenters. The van der Waals surface area contributed by atoms with Gasteiger partial charge in [-0.2, -0.15) is 5.10 Å². The van der Waals surface area contributed by atoms with Crippen LogP contribution in [0, 0.1) is 6.92 Å². The van der Waals surface area contributed by atoms with Gasteiger partial charge in [0.1, 0.15) is 5.56 Å². The number of aromatic nitrogens is 4. The molecule has 2 N–H and O–H groups in total. The third-order valence-corrected chi connectivity index (χ3v) is 6.23. The highest BCUT2D eigenvalue weighted by Gasteiger charge is 2.29. The van der Waals surface area contributed by atoms with E-state index >= 15 is 0 Å². The van der Waals surface area contributed by atoms with Crippen LogP contribution in [0.15, 0.2) is 33.8 Å². The van der Waals surface area contributed by atoms with Gasteiger partial charge in [0.2, 0.25) is 5.56 Å². The van der Waals surface area contributed by atoms with Crippen molar-refractivity contribution in [2.45, 2.75) is 51.7 Å². The van der Waals surface area contributed by atoms with E-state index in [1.807, 2.05) is 4.68 Å². The van der Waals surface area contributed by atoms with Crippen LogP contribution in [0.5, 0.6) is 0 Å². The molecule has 2 aliphatic rings. The summed E-state index contributed by atoms with van der Waals surface area (Å²) in [5.74, 6) is 0.512. The number of nitrogens with zero attached hydrogens (tertiary/aromatic N) is 4. The number of fused-ring (bicyclic) bond motifs is 1. The number of nitrogens with one attached hydrogen (secondary N) is 2. The SMILES string of the molecule is Cc1cc(C(=O)N2CCn3ncc(CNC(=O)c4cnoc4C4CCC4)c3C2)cc(=O)[nH]1. The maximum Gasteiger partial charge on any atom is 0.256 e. The summed E-state index contributed by atoms with van der Waals surface area (Å²) in [6.45, 7) is 3.44. The predicted octanol–water partition coefficient (Wildman–Crippen LogP) is 1.72. The summed E-state index contributed by atoms with van der Waals surface area (Å²) in [4.78, 5) is 41.8. The third kappa shape index (κ3) is 3.72. The van der Waals surface area contributed by atoms with Crippen molar-refractivity contribution in [3.8, 4) is 0 Å². The lowest BCUT2D eigenvalue weighted by Gasteiger charge is -2.28. The van der Waals surface area contributed by atoms with Crippen molar-refractivity contribution in [3.63, 3.8) is 0 Å². The number of H-pyrrole nitrogens is 1. The number of hydrogen-bond donors (Lipinski definition) is 2. The van der Waals surface area contributed by atoms with Gasteiger partial charge >= 0.3 is 0 Å². The van der Waals surface area contributed by atoms with Gasteiger partial charge in [-0.1, -0.05) is 11.6 Å². The average Bonchev–Trinajstić information content (AvgIpc) is 3.36. The fourth-order valence-corrected chi connectivity index (χ4v) is 4.26. The molecule has 32 heavy (non-hydrogen) atoms. The topological polar surface area (TPSA) is 126 Å². The third-order valence-electron chi connectivity index (χ3n) is 6.23. The van der Waals surface area contributed by atoms with E-state index in [0.29, 0.717) is 42.2 Å². The molecule has 1 aliphatic carbocycles. The molecule has 0 bridgehead atoms. The van der Waals surface area contributed by atoms with E-state index in [-0.39, 0.29) is 29.8 Å². The van der Waals surface area contributed by atoms with Crippen molar-refractivity contribution in [2.75, 3.05) is 6.54 Å². The minimum atomic E-state index is -0.297. The van der Waals surface area contributed by atoms with Crippen molar-refractivity contribution in [3.05, 3.63) is 68.7 Å². The van der Waals surface area contributed by atoms with Crippen molar-refractivity contribution in [2.24, 2.45) is 0 Å². The Morgan fingerprint density at radius 1 is 1.25 bits per heavy atom. The predicted molar refractivity (Wildman–Crippen MR) is 113 cm³/mol. The fraction of sp³-hybridized carbons (Fsp3) is 0.409. The molecule has 1 fully saturated rings. The van der Waals surface area contributed by atoms with Crippen molar-refractivity contribution in [1.29, 1.82) is 0 Å². The van der Waals surface area contributed by atoms with Gasteiger partial charge in [0.15, 0.2) is 5.76 Å². The lowest BCUT2D eigenvalue weighted by atomic mass is 9.82. The van der Waals surface area contributed by atoms with Gasteiger partial charge in [-0.25, -0.2) is 0 Å². The lowest BCUT2D eigenvalue weighted by Crippen LogP contribution is -2.39. The molecule has 3 aromatic rings. The van der Waals surface area contributed by atoms with E-state index in [9.17, 15) is 14.4 Å². The number of pyridine rings is 1. The Balaban J connectivity index is 1.28. The normalized spacial score (nSPS) is 15.8. The summed E-state index contributed by atoms with van der Waals surface area (Å²) >= 11 is 0. The van der Waals surface area contributed by atoms with E-state index in [4.69, 9.17) is 4.52 Å². The quantitative estimate of drug-likeness (QED) is 0.627. The molecule has 1 aliphatic heterocycles. The second-order valence-electron chi connectivity index (χ2n) is 8.40. The molecule has 0 spiro atoms. The summed E-state index contributed by atoms with van der Waals surface area (Å²) in [5.41, 5.74) is 2.91. The summed E-state index contributed by atoms with van der Waals surface area (Å²) in [7, 11) is 0. The molecule has 0 radical (unpaired) electrons. The Morgan fingerprint density at radius 3 is 2.84 bits per heavy atom. The van der Waals surface area contributed by atoms with Gasteiger partial charge in [-0.3, -0.25) is 19.1 Å². The highest BCUT2D eigenvalue weighted by molar-refractivity contribution is 5.95. The molecule has 2 amide bonds. The summed E-state index contributed by atoms with van der Waals surface area (Å²) < 4.78 is 7.18. The molecule has 166 valence electrons. The molecule has 0 unspecified atom stereocenters. The van der Waals surface area contributed by atoms with Crippen molar-refractivity contribution in [1.82, 2.24) is 30.1 Å². The number of carbonyl (C=O) groups excluding carboxylic acids is 2. The zero-order chi connectivity index (χ0) is 22.2. The Morgan fingerprint density at radius 2 is 2.09 bits per heavy atom. The van der Waals surface area contributed by atoms with E-state index in [0.717, 1.165) is 30.5 Å². The molecule has 1 saturated carbocycles. The first kappa shape index (κ1) is 20.2. The van der Waals surface area contributed by atoms with Gasteiger partial charge in [-0.15, -0.1) is 0 Å². The van der Waals surface area contributed by atoms with E-state index in [1.54, 1.807) is 24.1 Å². The van der Waals surface area contributed by atoms with Crippen LogP contribution in [0.3, 0.4) is 0 Å². The highest BCUT2D eigenvalue weighted by atomic mass is 16.5. The average molecular weight is 436 g/mol. The monoisotopic (exact) mass is 436 g/mol.